The second kappa shape index (κ2) is 2.21. The lowest BCUT2D eigenvalue weighted by molar-refractivity contribution is 0.0870. The van der Waals surface area contributed by atoms with Crippen molar-refractivity contribution in [2.45, 2.75) is 43.7 Å². The molecular weight excluding hydrogens is 126 g/mol. The molecule has 0 aromatic heterocycles. The molecule has 0 saturated heterocycles. The van der Waals surface area contributed by atoms with E-state index < -0.39 is 0 Å². The van der Waals surface area contributed by atoms with Crippen LogP contribution in [0.2, 0.25) is 0 Å². The van der Waals surface area contributed by atoms with Gasteiger partial charge in [0.05, 0.1) is 6.61 Å². The molecule has 2 fully saturated rings. The Morgan fingerprint density at radius 1 is 1.40 bits per heavy atom. The molecule has 0 bridgehead atoms. The Hall–Kier alpha value is -0.0800. The van der Waals surface area contributed by atoms with E-state index in [1.807, 2.05) is 0 Å². The van der Waals surface area contributed by atoms with Crippen LogP contribution in [0.15, 0.2) is 0 Å². The van der Waals surface area contributed by atoms with Crippen molar-refractivity contribution in [2.24, 2.45) is 0 Å². The van der Waals surface area contributed by atoms with Gasteiger partial charge in [-0.25, -0.2) is 0 Å². The molecule has 0 heterocycles. The van der Waals surface area contributed by atoms with E-state index in [2.05, 4.69) is 5.32 Å². The van der Waals surface area contributed by atoms with Gasteiger partial charge >= 0.3 is 0 Å². The van der Waals surface area contributed by atoms with E-state index in [4.69, 9.17) is 5.11 Å². The van der Waals surface area contributed by atoms with Crippen molar-refractivity contribution < 1.29 is 5.11 Å². The average molecular weight is 141 g/mol. The van der Waals surface area contributed by atoms with Crippen LogP contribution in [0.4, 0.5) is 0 Å². The van der Waals surface area contributed by atoms with Crippen molar-refractivity contribution in [1.82, 2.24) is 5.32 Å². The maximum Gasteiger partial charge on any atom is 0.0613 e. The lowest BCUT2D eigenvalue weighted by Gasteiger charge is -2.41. The van der Waals surface area contributed by atoms with E-state index in [1.54, 1.807) is 0 Å². The maximum atomic E-state index is 9.05. The van der Waals surface area contributed by atoms with Gasteiger partial charge in [-0.1, -0.05) is 0 Å². The van der Waals surface area contributed by atoms with Crippen LogP contribution in [0.25, 0.3) is 0 Å². The molecule has 0 aromatic rings. The van der Waals surface area contributed by atoms with Gasteiger partial charge in [-0.05, 0) is 32.1 Å². The predicted molar refractivity (Wildman–Crippen MR) is 39.8 cm³/mol. The van der Waals surface area contributed by atoms with Gasteiger partial charge in [0.1, 0.15) is 0 Å². The van der Waals surface area contributed by atoms with Gasteiger partial charge < -0.3 is 10.4 Å². The molecule has 0 aromatic carbocycles. The summed E-state index contributed by atoms with van der Waals surface area (Å²) in [6, 6.07) is 0.743. The van der Waals surface area contributed by atoms with Crippen molar-refractivity contribution in [3.63, 3.8) is 0 Å². The lowest BCUT2D eigenvalue weighted by atomic mass is 9.77. The van der Waals surface area contributed by atoms with E-state index in [0.717, 1.165) is 6.04 Å². The summed E-state index contributed by atoms with van der Waals surface area (Å²) in [5, 5.41) is 12.6. The van der Waals surface area contributed by atoms with Crippen LogP contribution in [0, 0.1) is 0 Å². The van der Waals surface area contributed by atoms with Crippen molar-refractivity contribution >= 4 is 0 Å². The number of rotatable bonds is 3. The van der Waals surface area contributed by atoms with Crippen LogP contribution >= 0.6 is 0 Å². The Morgan fingerprint density at radius 3 is 2.40 bits per heavy atom. The highest BCUT2D eigenvalue weighted by molar-refractivity contribution is 5.00. The number of aliphatic hydroxyl groups excluding tert-OH is 1. The topological polar surface area (TPSA) is 32.3 Å². The summed E-state index contributed by atoms with van der Waals surface area (Å²) in [5.74, 6) is 0. The third-order valence-corrected chi connectivity index (χ3v) is 2.70. The van der Waals surface area contributed by atoms with Crippen LogP contribution in [0.1, 0.15) is 32.1 Å². The first-order valence-corrected chi connectivity index (χ1v) is 4.23. The first kappa shape index (κ1) is 6.62. The number of hydrogen-bond donors (Lipinski definition) is 2. The second-order valence-electron chi connectivity index (χ2n) is 3.71. The maximum absolute atomic E-state index is 9.05. The largest absolute Gasteiger partial charge is 0.394 e. The third-order valence-electron chi connectivity index (χ3n) is 2.70. The van der Waals surface area contributed by atoms with Gasteiger partial charge in [0.25, 0.3) is 0 Å². The molecule has 2 heteroatoms. The molecule has 0 atom stereocenters. The number of aliphatic hydroxyl groups is 1. The first-order valence-electron chi connectivity index (χ1n) is 4.23. The van der Waals surface area contributed by atoms with Gasteiger partial charge in [-0.2, -0.15) is 0 Å². The molecule has 0 unspecified atom stereocenters. The van der Waals surface area contributed by atoms with E-state index in [1.165, 1.54) is 32.1 Å². The SMILES string of the molecule is OCC1(NC2CC2)CCC1. The molecule has 2 saturated carbocycles. The molecule has 10 heavy (non-hydrogen) atoms. The normalized spacial score (nSPS) is 29.7. The van der Waals surface area contributed by atoms with Crippen LogP contribution in [-0.2, 0) is 0 Å². The van der Waals surface area contributed by atoms with E-state index in [-0.39, 0.29) is 5.54 Å². The summed E-state index contributed by atoms with van der Waals surface area (Å²) >= 11 is 0. The van der Waals surface area contributed by atoms with Crippen LogP contribution < -0.4 is 5.32 Å². The molecule has 0 aliphatic heterocycles. The third kappa shape index (κ3) is 1.06. The fourth-order valence-corrected chi connectivity index (χ4v) is 1.61. The molecule has 2 N–H and O–H groups in total. The molecular formula is C8H15NO. The summed E-state index contributed by atoms with van der Waals surface area (Å²) in [6.07, 6.45) is 6.30. The predicted octanol–water partition coefficient (Wildman–Crippen LogP) is 0.653. The fourth-order valence-electron chi connectivity index (χ4n) is 1.61. The standard InChI is InChI=1S/C8H15NO/c10-6-8(4-1-5-8)9-7-2-3-7/h7,9-10H,1-6H2. The molecule has 58 valence electrons. The zero-order valence-electron chi connectivity index (χ0n) is 6.27. The first-order chi connectivity index (χ1) is 4.85. The highest BCUT2D eigenvalue weighted by Gasteiger charge is 2.40. The Bertz CT molecular complexity index is 122. The quantitative estimate of drug-likeness (QED) is 0.605. The van der Waals surface area contributed by atoms with Crippen LogP contribution in [0.5, 0.6) is 0 Å². The van der Waals surface area contributed by atoms with Crippen LogP contribution in [-0.4, -0.2) is 23.3 Å². The van der Waals surface area contributed by atoms with Gasteiger partial charge in [-0.15, -0.1) is 0 Å². The molecule has 2 rings (SSSR count). The monoisotopic (exact) mass is 141 g/mol. The Balaban J connectivity index is 1.84. The Labute approximate surface area is 61.6 Å². The minimum Gasteiger partial charge on any atom is -0.394 e. The zero-order valence-corrected chi connectivity index (χ0v) is 6.27. The molecule has 0 radical (unpaired) electrons. The smallest absolute Gasteiger partial charge is 0.0613 e. The van der Waals surface area contributed by atoms with Crippen molar-refractivity contribution in [1.29, 1.82) is 0 Å². The van der Waals surface area contributed by atoms with Crippen LogP contribution in [0.3, 0.4) is 0 Å². The Kier molecular flexibility index (Phi) is 1.46. The van der Waals surface area contributed by atoms with Gasteiger partial charge in [-0.3, -0.25) is 0 Å². The highest BCUT2D eigenvalue weighted by atomic mass is 16.3. The van der Waals surface area contributed by atoms with Gasteiger partial charge in [0.15, 0.2) is 0 Å². The molecule has 0 spiro atoms. The summed E-state index contributed by atoms with van der Waals surface area (Å²) in [4.78, 5) is 0. The molecule has 2 aliphatic rings. The number of hydrogen-bond acceptors (Lipinski definition) is 2. The van der Waals surface area contributed by atoms with Crippen molar-refractivity contribution in [3.05, 3.63) is 0 Å². The highest BCUT2D eigenvalue weighted by Crippen LogP contribution is 2.35. The van der Waals surface area contributed by atoms with Crippen molar-refractivity contribution in [3.8, 4) is 0 Å². The minimum atomic E-state index is 0.154. The molecule has 2 aliphatic carbocycles. The van der Waals surface area contributed by atoms with E-state index in [0.29, 0.717) is 6.61 Å². The fraction of sp³-hybridized carbons (Fsp3) is 1.00. The number of nitrogens with one attached hydrogen (secondary N) is 1. The van der Waals surface area contributed by atoms with E-state index >= 15 is 0 Å². The van der Waals surface area contributed by atoms with Gasteiger partial charge in [0.2, 0.25) is 0 Å². The average Bonchev–Trinajstić information content (AvgIpc) is 2.62. The van der Waals surface area contributed by atoms with Crippen molar-refractivity contribution in [2.75, 3.05) is 6.61 Å². The van der Waals surface area contributed by atoms with Gasteiger partial charge in [0, 0.05) is 11.6 Å². The summed E-state index contributed by atoms with van der Waals surface area (Å²) in [7, 11) is 0. The van der Waals surface area contributed by atoms with E-state index in [9.17, 15) is 0 Å². The minimum absolute atomic E-state index is 0.154. The summed E-state index contributed by atoms with van der Waals surface area (Å²) < 4.78 is 0. The summed E-state index contributed by atoms with van der Waals surface area (Å²) in [6.45, 7) is 0.337. The molecule has 0 amide bonds. The zero-order chi connectivity index (χ0) is 7.03. The lowest BCUT2D eigenvalue weighted by Crippen LogP contribution is -2.54. The second-order valence-corrected chi connectivity index (χ2v) is 3.71. The Morgan fingerprint density at radius 2 is 2.10 bits per heavy atom. The molecule has 2 nitrogen and oxygen atoms in total. The summed E-state index contributed by atoms with van der Waals surface area (Å²) in [5.41, 5.74) is 0.154.